The zero-order valence-electron chi connectivity index (χ0n) is 15.6. The number of nitrogens with one attached hydrogen (secondary N) is 1. The molecule has 0 aromatic heterocycles. The number of ether oxygens (including phenoxy) is 1. The molecule has 0 spiro atoms. The zero-order chi connectivity index (χ0) is 19.6. The lowest BCUT2D eigenvalue weighted by molar-refractivity contribution is -0.159. The normalized spacial score (nSPS) is 19.8. The topological polar surface area (TPSA) is 58.6 Å². The minimum Gasteiger partial charge on any atom is -0.368 e. The van der Waals surface area contributed by atoms with Gasteiger partial charge in [0.05, 0.1) is 5.56 Å². The van der Waals surface area contributed by atoms with E-state index in [9.17, 15) is 22.8 Å². The van der Waals surface area contributed by atoms with Crippen LogP contribution >= 0.6 is 12.4 Å². The average Bonchev–Trinajstić information content (AvgIpc) is 2.67. The van der Waals surface area contributed by atoms with E-state index in [4.69, 9.17) is 4.74 Å². The molecule has 0 radical (unpaired) electrons. The third-order valence-electron chi connectivity index (χ3n) is 5.60. The number of methoxy groups -OCH3 is 1. The highest BCUT2D eigenvalue weighted by Crippen LogP contribution is 2.30. The third kappa shape index (κ3) is 4.34. The van der Waals surface area contributed by atoms with Crippen molar-refractivity contribution in [2.24, 2.45) is 5.92 Å². The van der Waals surface area contributed by atoms with Crippen molar-refractivity contribution in [3.8, 4) is 0 Å². The Morgan fingerprint density at radius 1 is 1.11 bits per heavy atom. The Morgan fingerprint density at radius 3 is 2.14 bits per heavy atom. The standard InChI is InChI=1S/C19H23F3N2O3.ClH/c1-27-19(4-6-23-7-5-19)18(26)24-8-2-12(3-9-24)17(25)16-14(21)10-13(20)11-15(16)22;/h10-12,23H,2-9H2,1H3;1H. The summed E-state index contributed by atoms with van der Waals surface area (Å²) in [5.74, 6) is -4.83. The number of carbonyl (C=O) groups is 2. The number of rotatable bonds is 4. The van der Waals surface area contributed by atoms with Crippen LogP contribution in [0.5, 0.6) is 0 Å². The summed E-state index contributed by atoms with van der Waals surface area (Å²) in [6.07, 6.45) is 1.76. The Balaban J connectivity index is 0.00000280. The summed E-state index contributed by atoms with van der Waals surface area (Å²) in [6, 6.07) is 1.02. The van der Waals surface area contributed by atoms with Crippen LogP contribution in [0, 0.1) is 23.4 Å². The number of ketones is 1. The largest absolute Gasteiger partial charge is 0.368 e. The van der Waals surface area contributed by atoms with E-state index in [0.29, 0.717) is 64.0 Å². The van der Waals surface area contributed by atoms with Crippen LogP contribution in [-0.4, -0.2) is 55.5 Å². The van der Waals surface area contributed by atoms with Crippen LogP contribution in [0.3, 0.4) is 0 Å². The summed E-state index contributed by atoms with van der Waals surface area (Å²) in [5, 5.41) is 3.19. The van der Waals surface area contributed by atoms with Crippen molar-refractivity contribution in [3.63, 3.8) is 0 Å². The van der Waals surface area contributed by atoms with Gasteiger partial charge in [-0.3, -0.25) is 9.59 Å². The first-order chi connectivity index (χ1) is 12.9. The molecule has 2 saturated heterocycles. The maximum Gasteiger partial charge on any atom is 0.254 e. The second kappa shape index (κ2) is 9.24. The molecule has 0 saturated carbocycles. The Hall–Kier alpha value is -1.64. The van der Waals surface area contributed by atoms with Gasteiger partial charge in [-0.2, -0.15) is 0 Å². The summed E-state index contributed by atoms with van der Waals surface area (Å²) >= 11 is 0. The van der Waals surface area contributed by atoms with Crippen molar-refractivity contribution in [2.45, 2.75) is 31.3 Å². The summed E-state index contributed by atoms with van der Waals surface area (Å²) in [7, 11) is 1.53. The lowest BCUT2D eigenvalue weighted by Crippen LogP contribution is -2.56. The van der Waals surface area contributed by atoms with Gasteiger partial charge >= 0.3 is 0 Å². The molecule has 5 nitrogen and oxygen atoms in total. The van der Waals surface area contributed by atoms with Crippen molar-refractivity contribution in [1.82, 2.24) is 10.2 Å². The predicted octanol–water partition coefficient (Wildman–Crippen LogP) is 2.72. The van der Waals surface area contributed by atoms with E-state index in [1.165, 1.54) is 7.11 Å². The van der Waals surface area contributed by atoms with E-state index in [1.54, 1.807) is 4.90 Å². The van der Waals surface area contributed by atoms with E-state index in [2.05, 4.69) is 5.32 Å². The SMILES string of the molecule is COC1(C(=O)N2CCC(C(=O)c3c(F)cc(F)cc3F)CC2)CCNCC1.Cl. The molecule has 9 heteroatoms. The Labute approximate surface area is 168 Å². The maximum atomic E-state index is 13.9. The lowest BCUT2D eigenvalue weighted by Gasteiger charge is -2.41. The highest BCUT2D eigenvalue weighted by Gasteiger charge is 2.43. The van der Waals surface area contributed by atoms with Crippen molar-refractivity contribution in [1.29, 1.82) is 0 Å². The van der Waals surface area contributed by atoms with E-state index in [0.717, 1.165) is 0 Å². The molecule has 0 aliphatic carbocycles. The van der Waals surface area contributed by atoms with Crippen LogP contribution in [0.25, 0.3) is 0 Å². The summed E-state index contributed by atoms with van der Waals surface area (Å²) in [6.45, 7) is 2.02. The van der Waals surface area contributed by atoms with Gasteiger partial charge in [0.2, 0.25) is 0 Å². The summed E-state index contributed by atoms with van der Waals surface area (Å²) in [4.78, 5) is 27.1. The highest BCUT2D eigenvalue weighted by atomic mass is 35.5. The number of carbonyl (C=O) groups excluding carboxylic acids is 2. The number of hydrogen-bond donors (Lipinski definition) is 1. The first kappa shape index (κ1) is 22.6. The number of likely N-dealkylation sites (tertiary alicyclic amines) is 1. The van der Waals surface area contributed by atoms with Crippen molar-refractivity contribution in [2.75, 3.05) is 33.3 Å². The van der Waals surface area contributed by atoms with E-state index in [-0.39, 0.29) is 18.3 Å². The molecule has 0 bridgehead atoms. The van der Waals surface area contributed by atoms with Gasteiger partial charge in [-0.15, -0.1) is 12.4 Å². The fourth-order valence-corrected chi connectivity index (χ4v) is 3.95. The monoisotopic (exact) mass is 420 g/mol. The summed E-state index contributed by atoms with van der Waals surface area (Å²) < 4.78 is 46.3. The molecule has 2 fully saturated rings. The molecule has 3 rings (SSSR count). The molecule has 156 valence electrons. The molecule has 1 aromatic rings. The van der Waals surface area contributed by atoms with Gasteiger partial charge in [-0.25, -0.2) is 13.2 Å². The molecule has 0 unspecified atom stereocenters. The van der Waals surface area contributed by atoms with Crippen LogP contribution in [-0.2, 0) is 9.53 Å². The molecule has 1 amide bonds. The van der Waals surface area contributed by atoms with E-state index < -0.39 is 40.3 Å². The number of amides is 1. The zero-order valence-corrected chi connectivity index (χ0v) is 16.4. The van der Waals surface area contributed by atoms with Gasteiger partial charge in [-0.1, -0.05) is 0 Å². The molecule has 0 atom stereocenters. The third-order valence-corrected chi connectivity index (χ3v) is 5.60. The van der Waals surface area contributed by atoms with E-state index in [1.807, 2.05) is 0 Å². The average molecular weight is 421 g/mol. The van der Waals surface area contributed by atoms with Gasteiger partial charge < -0.3 is 15.0 Å². The van der Waals surface area contributed by atoms with Crippen LogP contribution in [0.4, 0.5) is 13.2 Å². The molecule has 1 N–H and O–H groups in total. The van der Waals surface area contributed by atoms with Crippen LogP contribution < -0.4 is 5.32 Å². The Morgan fingerprint density at radius 2 is 1.64 bits per heavy atom. The molecule has 28 heavy (non-hydrogen) atoms. The van der Waals surface area contributed by atoms with Gasteiger partial charge in [-0.05, 0) is 38.8 Å². The van der Waals surface area contributed by atoms with Gasteiger partial charge in [0.25, 0.3) is 5.91 Å². The molecule has 2 heterocycles. The molecule has 2 aliphatic heterocycles. The lowest BCUT2D eigenvalue weighted by atomic mass is 9.86. The number of benzene rings is 1. The smallest absolute Gasteiger partial charge is 0.254 e. The van der Waals surface area contributed by atoms with Gasteiger partial charge in [0.15, 0.2) is 5.78 Å². The number of halogens is 4. The number of nitrogens with zero attached hydrogens (tertiary/aromatic N) is 1. The fraction of sp³-hybridized carbons (Fsp3) is 0.579. The van der Waals surface area contributed by atoms with Crippen molar-refractivity contribution in [3.05, 3.63) is 35.1 Å². The van der Waals surface area contributed by atoms with Crippen LogP contribution in [0.2, 0.25) is 0 Å². The number of hydrogen-bond acceptors (Lipinski definition) is 4. The predicted molar refractivity (Wildman–Crippen MR) is 99.0 cm³/mol. The second-order valence-electron chi connectivity index (χ2n) is 7.12. The van der Waals surface area contributed by atoms with Crippen molar-refractivity contribution < 1.29 is 27.5 Å². The van der Waals surface area contributed by atoms with Gasteiger partial charge in [0, 0.05) is 38.2 Å². The Bertz CT molecular complexity index is 710. The molecular formula is C19H24ClF3N2O3. The first-order valence-corrected chi connectivity index (χ1v) is 9.12. The highest BCUT2D eigenvalue weighted by molar-refractivity contribution is 5.98. The van der Waals surface area contributed by atoms with E-state index >= 15 is 0 Å². The summed E-state index contributed by atoms with van der Waals surface area (Å²) in [5.41, 5.74) is -1.55. The van der Waals surface area contributed by atoms with Crippen LogP contribution in [0.15, 0.2) is 12.1 Å². The first-order valence-electron chi connectivity index (χ1n) is 9.12. The quantitative estimate of drug-likeness (QED) is 0.761. The maximum absolute atomic E-state index is 13.9. The number of Topliss-reactive ketones (excluding diaryl/α,β-unsaturated/α-hetero) is 1. The minimum absolute atomic E-state index is 0. The molecule has 1 aromatic carbocycles. The minimum atomic E-state index is -1.19. The second-order valence-corrected chi connectivity index (χ2v) is 7.12. The molecule has 2 aliphatic rings. The Kier molecular flexibility index (Phi) is 7.47. The van der Waals surface area contributed by atoms with Crippen LogP contribution in [0.1, 0.15) is 36.0 Å². The fourth-order valence-electron chi connectivity index (χ4n) is 3.95. The van der Waals surface area contributed by atoms with Crippen molar-refractivity contribution >= 4 is 24.1 Å². The molecular weight excluding hydrogens is 397 g/mol. The number of piperidine rings is 2. The van der Waals surface area contributed by atoms with Gasteiger partial charge in [0.1, 0.15) is 23.1 Å².